The van der Waals surface area contributed by atoms with Crippen LogP contribution in [0.1, 0.15) is 55.2 Å². The first-order valence-electron chi connectivity index (χ1n) is 9.82. The molecule has 2 aromatic rings. The average molecular weight is 391 g/mol. The first kappa shape index (κ1) is 22.1. The average Bonchev–Trinajstić information content (AvgIpc) is 2.69. The molecule has 2 rings (SSSR count). The number of allylic oxidation sites excluding steroid dienone is 2. The minimum atomic E-state index is -0.168. The third-order valence-electron chi connectivity index (χ3n) is 4.20. The first-order valence-corrected chi connectivity index (χ1v) is 9.82. The number of benzene rings is 1. The van der Waals surface area contributed by atoms with Crippen LogP contribution in [0.2, 0.25) is 0 Å². The van der Waals surface area contributed by atoms with Gasteiger partial charge in [-0.15, -0.1) is 0 Å². The Labute approximate surface area is 173 Å². The molecule has 0 fully saturated rings. The second-order valence-corrected chi connectivity index (χ2v) is 7.41. The fourth-order valence-corrected chi connectivity index (χ4v) is 2.58. The molecule has 0 spiro atoms. The molecule has 1 unspecified atom stereocenters. The van der Waals surface area contributed by atoms with Gasteiger partial charge in [-0.1, -0.05) is 32.1 Å². The summed E-state index contributed by atoms with van der Waals surface area (Å²) in [6.07, 6.45) is 11.0. The summed E-state index contributed by atoms with van der Waals surface area (Å²) in [6.45, 7) is 10.2. The zero-order valence-corrected chi connectivity index (χ0v) is 17.8. The fourth-order valence-electron chi connectivity index (χ4n) is 2.58. The number of nitrogens with zero attached hydrogens (tertiary/aromatic N) is 2. The van der Waals surface area contributed by atoms with Crippen LogP contribution in [0.15, 0.2) is 72.3 Å². The largest absolute Gasteiger partial charge is 0.383 e. The highest BCUT2D eigenvalue weighted by Crippen LogP contribution is 2.18. The van der Waals surface area contributed by atoms with E-state index in [0.29, 0.717) is 11.5 Å². The molecule has 29 heavy (non-hydrogen) atoms. The summed E-state index contributed by atoms with van der Waals surface area (Å²) in [4.78, 5) is 20.9. The quantitative estimate of drug-likeness (QED) is 0.590. The van der Waals surface area contributed by atoms with Crippen molar-refractivity contribution in [2.45, 2.75) is 40.7 Å². The van der Waals surface area contributed by atoms with E-state index < -0.39 is 0 Å². The predicted octanol–water partition coefficient (Wildman–Crippen LogP) is 5.44. The van der Waals surface area contributed by atoms with E-state index in [1.54, 1.807) is 18.6 Å². The molecule has 5 heteroatoms. The van der Waals surface area contributed by atoms with Crippen molar-refractivity contribution < 1.29 is 4.79 Å². The molecule has 0 saturated heterocycles. The lowest BCUT2D eigenvalue weighted by Gasteiger charge is -2.14. The standard InChI is InChI=1S/C24H30N4O/c1-17(2)9-10-19(4)26-11-12-27-20(5)21-7-6-8-23(14-21)28-24(29)22-13-18(3)15-25-16-22/h6-17,20,27H,1-5H3,(H,28,29)/b10-9-,12-11?,26-19?. The van der Waals surface area contributed by atoms with E-state index in [1.165, 1.54) is 0 Å². The number of aromatic nitrogens is 1. The summed E-state index contributed by atoms with van der Waals surface area (Å²) in [5.74, 6) is 0.343. The van der Waals surface area contributed by atoms with Crippen molar-refractivity contribution in [3.8, 4) is 0 Å². The number of nitrogens with one attached hydrogen (secondary N) is 2. The lowest BCUT2D eigenvalue weighted by atomic mass is 10.1. The van der Waals surface area contributed by atoms with Crippen LogP contribution in [-0.2, 0) is 0 Å². The third-order valence-corrected chi connectivity index (χ3v) is 4.20. The van der Waals surface area contributed by atoms with E-state index in [0.717, 1.165) is 22.5 Å². The fraction of sp³-hybridized carbons (Fsp3) is 0.292. The molecule has 0 radical (unpaired) electrons. The highest BCUT2D eigenvalue weighted by molar-refractivity contribution is 6.04. The van der Waals surface area contributed by atoms with E-state index in [-0.39, 0.29) is 11.9 Å². The van der Waals surface area contributed by atoms with Gasteiger partial charge >= 0.3 is 0 Å². The molecule has 0 bridgehead atoms. The van der Waals surface area contributed by atoms with Crippen LogP contribution >= 0.6 is 0 Å². The predicted molar refractivity (Wildman–Crippen MR) is 121 cm³/mol. The van der Waals surface area contributed by atoms with Gasteiger partial charge in [-0.2, -0.15) is 0 Å². The molecule has 0 aliphatic carbocycles. The van der Waals surface area contributed by atoms with Gasteiger partial charge in [0.1, 0.15) is 0 Å². The van der Waals surface area contributed by atoms with Crippen molar-refractivity contribution in [3.63, 3.8) is 0 Å². The van der Waals surface area contributed by atoms with Crippen LogP contribution in [0.5, 0.6) is 0 Å². The number of hydrogen-bond acceptors (Lipinski definition) is 4. The number of rotatable bonds is 8. The lowest BCUT2D eigenvalue weighted by molar-refractivity contribution is 0.102. The molecule has 1 atom stereocenters. The van der Waals surface area contributed by atoms with Crippen molar-refractivity contribution in [2.75, 3.05) is 5.32 Å². The number of hydrogen-bond donors (Lipinski definition) is 2. The summed E-state index contributed by atoms with van der Waals surface area (Å²) < 4.78 is 0. The molecule has 0 aliphatic heterocycles. The summed E-state index contributed by atoms with van der Waals surface area (Å²) in [7, 11) is 0. The van der Waals surface area contributed by atoms with Gasteiger partial charge in [0.15, 0.2) is 0 Å². The smallest absolute Gasteiger partial charge is 0.257 e. The Morgan fingerprint density at radius 1 is 1.17 bits per heavy atom. The van der Waals surface area contributed by atoms with Gasteiger partial charge < -0.3 is 10.6 Å². The Hall–Kier alpha value is -3.21. The molecule has 152 valence electrons. The van der Waals surface area contributed by atoms with E-state index in [2.05, 4.69) is 47.5 Å². The van der Waals surface area contributed by atoms with Crippen molar-refractivity contribution in [2.24, 2.45) is 10.9 Å². The molecule has 1 aromatic heterocycles. The van der Waals surface area contributed by atoms with E-state index in [9.17, 15) is 4.79 Å². The number of aliphatic imine (C=N–C) groups is 1. The third kappa shape index (κ3) is 7.74. The monoisotopic (exact) mass is 390 g/mol. The Bertz CT molecular complexity index is 913. The van der Waals surface area contributed by atoms with Crippen molar-refractivity contribution >= 4 is 17.3 Å². The Morgan fingerprint density at radius 3 is 2.69 bits per heavy atom. The Balaban J connectivity index is 1.96. The van der Waals surface area contributed by atoms with Crippen LogP contribution in [0.4, 0.5) is 5.69 Å². The summed E-state index contributed by atoms with van der Waals surface area (Å²) in [5, 5.41) is 6.24. The zero-order chi connectivity index (χ0) is 21.2. The second kappa shape index (κ2) is 11.0. The maximum Gasteiger partial charge on any atom is 0.257 e. The topological polar surface area (TPSA) is 66.4 Å². The Kier molecular flexibility index (Phi) is 8.34. The number of amides is 1. The first-order chi connectivity index (χ1) is 13.8. The normalized spacial score (nSPS) is 13.2. The summed E-state index contributed by atoms with van der Waals surface area (Å²) in [5.41, 5.74) is 4.27. The molecule has 0 saturated carbocycles. The molecule has 1 aromatic carbocycles. The van der Waals surface area contributed by atoms with Crippen LogP contribution in [-0.4, -0.2) is 16.6 Å². The van der Waals surface area contributed by atoms with Gasteiger partial charge in [0.2, 0.25) is 0 Å². The highest BCUT2D eigenvalue weighted by atomic mass is 16.1. The van der Waals surface area contributed by atoms with Crippen LogP contribution in [0.3, 0.4) is 0 Å². The van der Waals surface area contributed by atoms with E-state index in [1.807, 2.05) is 56.5 Å². The van der Waals surface area contributed by atoms with Gasteiger partial charge in [0.25, 0.3) is 5.91 Å². The molecule has 2 N–H and O–H groups in total. The minimum absolute atomic E-state index is 0.0745. The number of aryl methyl sites for hydroxylation is 1. The van der Waals surface area contributed by atoms with Gasteiger partial charge in [-0.25, -0.2) is 0 Å². The van der Waals surface area contributed by atoms with Gasteiger partial charge in [0.05, 0.1) is 5.56 Å². The SMILES string of the molecule is CC(/C=C\C(C)C)=NC=CNC(C)c1cccc(NC(=O)c2cncc(C)c2)c1. The van der Waals surface area contributed by atoms with Gasteiger partial charge in [-0.3, -0.25) is 14.8 Å². The van der Waals surface area contributed by atoms with Crippen molar-refractivity contribution in [1.29, 1.82) is 0 Å². The number of anilines is 1. The molecular weight excluding hydrogens is 360 g/mol. The number of pyridine rings is 1. The minimum Gasteiger partial charge on any atom is -0.383 e. The molecule has 1 heterocycles. The lowest BCUT2D eigenvalue weighted by Crippen LogP contribution is -2.14. The summed E-state index contributed by atoms with van der Waals surface area (Å²) >= 11 is 0. The molecule has 1 amide bonds. The van der Waals surface area contributed by atoms with E-state index >= 15 is 0 Å². The Morgan fingerprint density at radius 2 is 1.97 bits per heavy atom. The van der Waals surface area contributed by atoms with Gasteiger partial charge in [-0.05, 0) is 62.1 Å². The number of carbonyl (C=O) groups excluding carboxylic acids is 1. The molecule has 5 nitrogen and oxygen atoms in total. The van der Waals surface area contributed by atoms with Crippen molar-refractivity contribution in [3.05, 3.63) is 84.0 Å². The maximum atomic E-state index is 12.4. The second-order valence-electron chi connectivity index (χ2n) is 7.41. The van der Waals surface area contributed by atoms with Crippen molar-refractivity contribution in [1.82, 2.24) is 10.3 Å². The van der Waals surface area contributed by atoms with Crippen LogP contribution in [0, 0.1) is 12.8 Å². The summed E-state index contributed by atoms with van der Waals surface area (Å²) in [6, 6.07) is 9.69. The molecular formula is C24H30N4O. The zero-order valence-electron chi connectivity index (χ0n) is 17.8. The highest BCUT2D eigenvalue weighted by Gasteiger charge is 2.09. The molecule has 0 aliphatic rings. The van der Waals surface area contributed by atoms with Crippen LogP contribution < -0.4 is 10.6 Å². The van der Waals surface area contributed by atoms with E-state index in [4.69, 9.17) is 0 Å². The van der Waals surface area contributed by atoms with Gasteiger partial charge in [0, 0.05) is 42.2 Å². The number of carbonyl (C=O) groups is 1. The maximum absolute atomic E-state index is 12.4. The van der Waals surface area contributed by atoms with Crippen LogP contribution in [0.25, 0.3) is 0 Å².